The van der Waals surface area contributed by atoms with E-state index in [1.807, 2.05) is 12.1 Å². The summed E-state index contributed by atoms with van der Waals surface area (Å²) in [5.74, 6) is -0.846. The van der Waals surface area contributed by atoms with E-state index in [0.717, 1.165) is 11.3 Å². The molecule has 0 fully saturated rings. The molecule has 22 heavy (non-hydrogen) atoms. The van der Waals surface area contributed by atoms with Crippen LogP contribution >= 0.6 is 0 Å². The fourth-order valence-corrected chi connectivity index (χ4v) is 2.26. The number of ether oxygens (including phenoxy) is 1. The van der Waals surface area contributed by atoms with E-state index in [9.17, 15) is 9.59 Å². The van der Waals surface area contributed by atoms with Crippen molar-refractivity contribution in [2.45, 2.75) is 6.54 Å². The number of nitrogens with zero attached hydrogens (tertiary/aromatic N) is 1. The second-order valence-corrected chi connectivity index (χ2v) is 4.79. The van der Waals surface area contributed by atoms with Crippen LogP contribution < -0.4 is 10.5 Å². The predicted molar refractivity (Wildman–Crippen MR) is 79.5 cm³/mol. The lowest BCUT2D eigenvalue weighted by Crippen LogP contribution is -2.15. The van der Waals surface area contributed by atoms with Crippen LogP contribution in [0.4, 0.5) is 0 Å². The summed E-state index contributed by atoms with van der Waals surface area (Å²) in [5.41, 5.74) is 1.81. The predicted octanol–water partition coefficient (Wildman–Crippen LogP) is 2.35. The molecule has 0 aliphatic heterocycles. The number of aromatic nitrogens is 1. The highest BCUT2D eigenvalue weighted by atomic mass is 16.5. The third-order valence-electron chi connectivity index (χ3n) is 3.41. The first-order chi connectivity index (χ1) is 10.6. The Morgan fingerprint density at radius 3 is 2.59 bits per heavy atom. The molecule has 0 atom stereocenters. The number of fused-ring (bicyclic) bond motifs is 1. The maximum absolute atomic E-state index is 12.0. The number of benzene rings is 2. The van der Waals surface area contributed by atoms with E-state index in [2.05, 4.69) is 0 Å². The first-order valence-electron chi connectivity index (χ1n) is 6.58. The number of hydrogen-bond donors (Lipinski definition) is 1. The van der Waals surface area contributed by atoms with Gasteiger partial charge in [-0.15, -0.1) is 0 Å². The van der Waals surface area contributed by atoms with E-state index in [1.165, 1.54) is 22.8 Å². The van der Waals surface area contributed by atoms with Gasteiger partial charge in [-0.3, -0.25) is 4.57 Å². The molecule has 0 saturated carbocycles. The van der Waals surface area contributed by atoms with E-state index in [0.29, 0.717) is 17.6 Å². The van der Waals surface area contributed by atoms with E-state index >= 15 is 0 Å². The molecule has 1 N–H and O–H groups in total. The molecule has 2 aromatic carbocycles. The van der Waals surface area contributed by atoms with Crippen LogP contribution in [0.5, 0.6) is 5.75 Å². The molecule has 1 heterocycles. The van der Waals surface area contributed by atoms with Crippen LogP contribution in [-0.4, -0.2) is 22.8 Å². The fourth-order valence-electron chi connectivity index (χ4n) is 2.26. The molecule has 0 aliphatic carbocycles. The molecule has 1 aromatic heterocycles. The highest BCUT2D eigenvalue weighted by molar-refractivity contribution is 5.91. The average molecular weight is 299 g/mol. The van der Waals surface area contributed by atoms with Crippen molar-refractivity contribution in [1.82, 2.24) is 4.57 Å². The third-order valence-corrected chi connectivity index (χ3v) is 3.41. The summed E-state index contributed by atoms with van der Waals surface area (Å²) >= 11 is 0. The lowest BCUT2D eigenvalue weighted by atomic mass is 10.2. The molecule has 6 heteroatoms. The zero-order valence-electron chi connectivity index (χ0n) is 11.8. The quantitative estimate of drug-likeness (QED) is 0.799. The summed E-state index contributed by atoms with van der Waals surface area (Å²) in [6, 6.07) is 11.6. The van der Waals surface area contributed by atoms with Gasteiger partial charge in [0.05, 0.1) is 24.7 Å². The Labute approximate surface area is 125 Å². The van der Waals surface area contributed by atoms with Gasteiger partial charge in [0.25, 0.3) is 0 Å². The molecule has 0 amide bonds. The average Bonchev–Trinajstić information content (AvgIpc) is 2.83. The lowest BCUT2D eigenvalue weighted by Gasteiger charge is -2.05. The van der Waals surface area contributed by atoms with Crippen molar-refractivity contribution in [3.05, 3.63) is 64.1 Å². The van der Waals surface area contributed by atoms with Gasteiger partial charge in [-0.05, 0) is 35.9 Å². The van der Waals surface area contributed by atoms with Crippen molar-refractivity contribution < 1.29 is 19.1 Å². The van der Waals surface area contributed by atoms with Gasteiger partial charge < -0.3 is 14.3 Å². The Hall–Kier alpha value is -3.02. The van der Waals surface area contributed by atoms with Crippen LogP contribution in [0.15, 0.2) is 51.7 Å². The van der Waals surface area contributed by atoms with Gasteiger partial charge in [0.1, 0.15) is 5.75 Å². The van der Waals surface area contributed by atoms with Crippen molar-refractivity contribution in [2.75, 3.05) is 7.11 Å². The summed E-state index contributed by atoms with van der Waals surface area (Å²) in [6.45, 7) is 0.291. The fraction of sp³-hybridized carbons (Fsp3) is 0.125. The molecule has 0 bridgehead atoms. The van der Waals surface area contributed by atoms with Crippen LogP contribution in [0.2, 0.25) is 0 Å². The normalized spacial score (nSPS) is 10.8. The number of aromatic carboxylic acids is 1. The molecule has 0 radical (unpaired) electrons. The SMILES string of the molecule is COc1ccc(Cn2c(=O)oc3ccc(C(=O)O)cc32)cc1. The summed E-state index contributed by atoms with van der Waals surface area (Å²) < 4.78 is 11.6. The summed E-state index contributed by atoms with van der Waals surface area (Å²) in [6.07, 6.45) is 0. The van der Waals surface area contributed by atoms with Gasteiger partial charge in [0.2, 0.25) is 0 Å². The topological polar surface area (TPSA) is 81.7 Å². The second kappa shape index (κ2) is 5.40. The van der Waals surface area contributed by atoms with E-state index in [4.69, 9.17) is 14.3 Å². The summed E-state index contributed by atoms with van der Waals surface area (Å²) in [7, 11) is 1.58. The van der Waals surface area contributed by atoms with Gasteiger partial charge in [-0.1, -0.05) is 12.1 Å². The smallest absolute Gasteiger partial charge is 0.420 e. The number of rotatable bonds is 4. The highest BCUT2D eigenvalue weighted by Crippen LogP contribution is 2.18. The zero-order chi connectivity index (χ0) is 15.7. The van der Waals surface area contributed by atoms with Gasteiger partial charge in [0, 0.05) is 0 Å². The van der Waals surface area contributed by atoms with Crippen molar-refractivity contribution in [3.63, 3.8) is 0 Å². The molecule has 3 rings (SSSR count). The molecule has 112 valence electrons. The van der Waals surface area contributed by atoms with Crippen LogP contribution in [-0.2, 0) is 6.54 Å². The number of oxazole rings is 1. The van der Waals surface area contributed by atoms with Crippen molar-refractivity contribution in [3.8, 4) is 5.75 Å². The van der Waals surface area contributed by atoms with Crippen LogP contribution in [0.3, 0.4) is 0 Å². The Balaban J connectivity index is 2.04. The number of methoxy groups -OCH3 is 1. The maximum atomic E-state index is 12.0. The Morgan fingerprint density at radius 2 is 1.95 bits per heavy atom. The van der Waals surface area contributed by atoms with E-state index in [1.54, 1.807) is 19.2 Å². The summed E-state index contributed by atoms with van der Waals surface area (Å²) in [4.78, 5) is 23.0. The standard InChI is InChI=1S/C16H13NO5/c1-21-12-5-2-10(3-6-12)9-17-13-8-11(15(18)19)4-7-14(13)22-16(17)20/h2-8H,9H2,1H3,(H,18,19). The lowest BCUT2D eigenvalue weighted by molar-refractivity contribution is 0.0697. The first kappa shape index (κ1) is 13.9. The largest absolute Gasteiger partial charge is 0.497 e. The molecular weight excluding hydrogens is 286 g/mol. The Morgan fingerprint density at radius 1 is 1.23 bits per heavy atom. The molecule has 0 aliphatic rings. The molecule has 0 spiro atoms. The van der Waals surface area contributed by atoms with Crippen molar-refractivity contribution >= 4 is 17.1 Å². The van der Waals surface area contributed by atoms with Crippen molar-refractivity contribution in [2.24, 2.45) is 0 Å². The minimum Gasteiger partial charge on any atom is -0.497 e. The molecule has 0 unspecified atom stereocenters. The van der Waals surface area contributed by atoms with Crippen molar-refractivity contribution in [1.29, 1.82) is 0 Å². The second-order valence-electron chi connectivity index (χ2n) is 4.79. The Bertz CT molecular complexity index is 889. The van der Waals surface area contributed by atoms with Gasteiger partial charge in [-0.25, -0.2) is 9.59 Å². The maximum Gasteiger partial charge on any atom is 0.420 e. The first-order valence-corrected chi connectivity index (χ1v) is 6.58. The Kier molecular flexibility index (Phi) is 3.42. The van der Waals surface area contributed by atoms with Gasteiger partial charge in [0.15, 0.2) is 5.58 Å². The third kappa shape index (κ3) is 2.46. The molecule has 6 nitrogen and oxygen atoms in total. The van der Waals surface area contributed by atoms with Crippen LogP contribution in [0.1, 0.15) is 15.9 Å². The summed E-state index contributed by atoms with van der Waals surface area (Å²) in [5, 5.41) is 9.06. The van der Waals surface area contributed by atoms with Crippen LogP contribution in [0.25, 0.3) is 11.1 Å². The number of carboxylic acids is 1. The highest BCUT2D eigenvalue weighted by Gasteiger charge is 2.12. The monoisotopic (exact) mass is 299 g/mol. The van der Waals surface area contributed by atoms with Gasteiger partial charge >= 0.3 is 11.7 Å². The van der Waals surface area contributed by atoms with E-state index < -0.39 is 11.7 Å². The zero-order valence-corrected chi connectivity index (χ0v) is 11.8. The molecule has 3 aromatic rings. The van der Waals surface area contributed by atoms with Gasteiger partial charge in [-0.2, -0.15) is 0 Å². The van der Waals surface area contributed by atoms with E-state index in [-0.39, 0.29) is 5.56 Å². The minimum atomic E-state index is -1.05. The molecular formula is C16H13NO5. The molecule has 0 saturated heterocycles. The van der Waals surface area contributed by atoms with Crippen LogP contribution in [0, 0.1) is 0 Å². The number of carbonyl (C=O) groups is 1. The minimum absolute atomic E-state index is 0.108. The number of carboxylic acid groups (broad SMARTS) is 1. The number of hydrogen-bond acceptors (Lipinski definition) is 4.